The maximum absolute atomic E-state index is 2.51. The molecule has 0 aliphatic carbocycles. The van der Waals surface area contributed by atoms with Crippen LogP contribution in [0.1, 0.15) is 178 Å². The lowest BCUT2D eigenvalue weighted by Crippen LogP contribution is -2.40. The van der Waals surface area contributed by atoms with Gasteiger partial charge < -0.3 is 0 Å². The van der Waals surface area contributed by atoms with Crippen molar-refractivity contribution in [2.45, 2.75) is 174 Å². The van der Waals surface area contributed by atoms with Gasteiger partial charge in [-0.25, -0.2) is 0 Å². The van der Waals surface area contributed by atoms with E-state index < -0.39 is 0 Å². The van der Waals surface area contributed by atoms with E-state index in [2.05, 4.69) is 74.1 Å². The summed E-state index contributed by atoms with van der Waals surface area (Å²) in [7, 11) is 0. The highest BCUT2D eigenvalue weighted by Gasteiger charge is 2.20. The summed E-state index contributed by atoms with van der Waals surface area (Å²) in [6.45, 7) is 6.94. The minimum Gasteiger partial charge on any atom is -0.198 e. The van der Waals surface area contributed by atoms with Gasteiger partial charge in [-0.1, -0.05) is 167 Å². The molecule has 1 heterocycles. The van der Waals surface area contributed by atoms with E-state index >= 15 is 0 Å². The van der Waals surface area contributed by atoms with Crippen LogP contribution in [0, 0.1) is 0 Å². The summed E-state index contributed by atoms with van der Waals surface area (Å²) >= 11 is 0. The van der Waals surface area contributed by atoms with Crippen LogP contribution < -0.4 is 4.57 Å². The summed E-state index contributed by atoms with van der Waals surface area (Å²) in [5, 5.41) is 0. The molecule has 0 spiro atoms. The van der Waals surface area contributed by atoms with Crippen molar-refractivity contribution in [3.63, 3.8) is 0 Å². The summed E-state index contributed by atoms with van der Waals surface area (Å²) in [5.74, 6) is 0. The fraction of sp³-hybridized carbons (Fsp3) is 0.711. The molecule has 0 fully saturated rings. The Hall–Kier alpha value is -1.63. The Morgan fingerprint density at radius 3 is 1.38 bits per heavy atom. The van der Waals surface area contributed by atoms with Crippen molar-refractivity contribution < 1.29 is 4.57 Å². The van der Waals surface area contributed by atoms with Crippen LogP contribution in [0.4, 0.5) is 0 Å². The van der Waals surface area contributed by atoms with E-state index in [1.54, 1.807) is 11.1 Å². The first-order valence-corrected chi connectivity index (χ1v) is 17.4. The smallest absolute Gasteiger partial charge is 0.183 e. The molecule has 1 aromatic heterocycles. The standard InChI is InChI=1S/C38H64N/c1-4-7-9-11-13-15-17-19-21-24-28-35-32-33-39(38(6-3)36-29-26-23-27-30-36)34-37(35)31-25-22-20-18-16-14-12-10-8-5-2/h23,26-27,29-30,32-34,38H,4-22,24-25,28,31H2,1-3H3/q+1. The van der Waals surface area contributed by atoms with Crippen LogP contribution in [-0.4, -0.2) is 0 Å². The Morgan fingerprint density at radius 1 is 0.487 bits per heavy atom. The van der Waals surface area contributed by atoms with Crippen LogP contribution in [-0.2, 0) is 12.8 Å². The third-order valence-electron chi connectivity index (χ3n) is 8.70. The van der Waals surface area contributed by atoms with E-state index in [1.165, 1.54) is 147 Å². The van der Waals surface area contributed by atoms with Crippen molar-refractivity contribution in [3.05, 3.63) is 65.5 Å². The summed E-state index contributed by atoms with van der Waals surface area (Å²) in [6.07, 6.45) is 36.8. The molecular formula is C38H64N+. The highest BCUT2D eigenvalue weighted by molar-refractivity contribution is 5.23. The zero-order valence-corrected chi connectivity index (χ0v) is 26.4. The molecule has 39 heavy (non-hydrogen) atoms. The summed E-state index contributed by atoms with van der Waals surface area (Å²) in [5.41, 5.74) is 4.66. The zero-order valence-electron chi connectivity index (χ0n) is 26.4. The number of hydrogen-bond acceptors (Lipinski definition) is 0. The third-order valence-corrected chi connectivity index (χ3v) is 8.70. The maximum atomic E-state index is 2.51. The van der Waals surface area contributed by atoms with Crippen molar-refractivity contribution in [2.24, 2.45) is 0 Å². The first-order valence-electron chi connectivity index (χ1n) is 17.4. The monoisotopic (exact) mass is 535 g/mol. The molecule has 0 N–H and O–H groups in total. The number of nitrogens with zero attached hydrogens (tertiary/aromatic N) is 1. The molecule has 1 unspecified atom stereocenters. The molecule has 1 heteroatoms. The SMILES string of the molecule is CCCCCCCCCCCCc1cc[n+](C(CC)c2ccccc2)cc1CCCCCCCCCCCC. The van der Waals surface area contributed by atoms with Crippen molar-refractivity contribution in [1.29, 1.82) is 0 Å². The van der Waals surface area contributed by atoms with E-state index in [1.807, 2.05) is 0 Å². The van der Waals surface area contributed by atoms with Crippen molar-refractivity contribution in [2.75, 3.05) is 0 Å². The van der Waals surface area contributed by atoms with E-state index in [9.17, 15) is 0 Å². The van der Waals surface area contributed by atoms with Crippen molar-refractivity contribution in [3.8, 4) is 0 Å². The third kappa shape index (κ3) is 15.1. The van der Waals surface area contributed by atoms with Gasteiger partial charge in [-0.3, -0.25) is 0 Å². The van der Waals surface area contributed by atoms with E-state index in [4.69, 9.17) is 0 Å². The molecular weight excluding hydrogens is 470 g/mol. The average Bonchev–Trinajstić information content (AvgIpc) is 2.97. The lowest BCUT2D eigenvalue weighted by molar-refractivity contribution is -0.714. The zero-order chi connectivity index (χ0) is 27.8. The number of hydrogen-bond donors (Lipinski definition) is 0. The number of rotatable bonds is 25. The number of unbranched alkanes of at least 4 members (excludes halogenated alkanes) is 18. The minimum absolute atomic E-state index is 0.434. The van der Waals surface area contributed by atoms with Gasteiger partial charge in [-0.15, -0.1) is 0 Å². The number of benzene rings is 1. The van der Waals surface area contributed by atoms with Gasteiger partial charge in [0.05, 0.1) is 0 Å². The summed E-state index contributed by atoms with van der Waals surface area (Å²) in [4.78, 5) is 0. The molecule has 1 aromatic carbocycles. The minimum atomic E-state index is 0.434. The van der Waals surface area contributed by atoms with Crippen LogP contribution in [0.25, 0.3) is 0 Å². The van der Waals surface area contributed by atoms with Crippen molar-refractivity contribution in [1.82, 2.24) is 0 Å². The van der Waals surface area contributed by atoms with E-state index in [0.717, 1.165) is 6.42 Å². The van der Waals surface area contributed by atoms with Crippen molar-refractivity contribution >= 4 is 0 Å². The molecule has 0 radical (unpaired) electrons. The van der Waals surface area contributed by atoms with Crippen LogP contribution in [0.3, 0.4) is 0 Å². The van der Waals surface area contributed by atoms with Crippen LogP contribution in [0.5, 0.6) is 0 Å². The van der Waals surface area contributed by atoms with E-state index in [0.29, 0.717) is 6.04 Å². The Bertz CT molecular complexity index is 811. The predicted octanol–water partition coefficient (Wildman–Crippen LogP) is 11.9. The fourth-order valence-corrected chi connectivity index (χ4v) is 6.15. The molecule has 1 atom stereocenters. The highest BCUT2D eigenvalue weighted by atomic mass is 15.0. The highest BCUT2D eigenvalue weighted by Crippen LogP contribution is 2.20. The molecule has 0 aliphatic heterocycles. The van der Waals surface area contributed by atoms with Gasteiger partial charge in [0.1, 0.15) is 0 Å². The predicted molar refractivity (Wildman–Crippen MR) is 173 cm³/mol. The molecule has 1 nitrogen and oxygen atoms in total. The second-order valence-electron chi connectivity index (χ2n) is 12.1. The van der Waals surface area contributed by atoms with Gasteiger partial charge in [0.2, 0.25) is 0 Å². The second-order valence-corrected chi connectivity index (χ2v) is 12.1. The van der Waals surface area contributed by atoms with Gasteiger partial charge in [0.25, 0.3) is 0 Å². The Balaban J connectivity index is 1.84. The Labute approximate surface area is 244 Å². The number of pyridine rings is 1. The lowest BCUT2D eigenvalue weighted by atomic mass is 9.96. The first kappa shape index (κ1) is 33.6. The van der Waals surface area contributed by atoms with Crippen LogP contribution >= 0.6 is 0 Å². The molecule has 2 rings (SSSR count). The molecule has 2 aromatic rings. The Morgan fingerprint density at radius 2 is 0.923 bits per heavy atom. The van der Waals surface area contributed by atoms with Gasteiger partial charge in [-0.2, -0.15) is 4.57 Å². The van der Waals surface area contributed by atoms with Gasteiger partial charge in [0.15, 0.2) is 18.4 Å². The summed E-state index contributed by atoms with van der Waals surface area (Å²) in [6, 6.07) is 14.0. The van der Waals surface area contributed by atoms with E-state index in [-0.39, 0.29) is 0 Å². The van der Waals surface area contributed by atoms with Gasteiger partial charge in [-0.05, 0) is 31.2 Å². The molecule has 220 valence electrons. The second kappa shape index (κ2) is 23.1. The Kier molecular flexibility index (Phi) is 19.9. The topological polar surface area (TPSA) is 3.88 Å². The number of aromatic nitrogens is 1. The quantitative estimate of drug-likeness (QED) is 0.0880. The maximum Gasteiger partial charge on any atom is 0.183 e. The molecule has 0 saturated heterocycles. The van der Waals surface area contributed by atoms with Crippen LogP contribution in [0.15, 0.2) is 48.8 Å². The normalized spacial score (nSPS) is 12.2. The molecule has 0 amide bonds. The first-order chi connectivity index (χ1) is 19.3. The van der Waals surface area contributed by atoms with Gasteiger partial charge >= 0.3 is 0 Å². The van der Waals surface area contributed by atoms with Gasteiger partial charge in [0, 0.05) is 23.6 Å². The average molecular weight is 535 g/mol. The largest absolute Gasteiger partial charge is 0.198 e. The molecule has 0 bridgehead atoms. The summed E-state index contributed by atoms with van der Waals surface area (Å²) < 4.78 is 2.50. The van der Waals surface area contributed by atoms with Crippen LogP contribution in [0.2, 0.25) is 0 Å². The molecule has 0 aliphatic rings. The number of aryl methyl sites for hydroxylation is 2. The fourth-order valence-electron chi connectivity index (χ4n) is 6.15. The lowest BCUT2D eigenvalue weighted by Gasteiger charge is -2.14. The molecule has 0 saturated carbocycles.